The maximum Gasteiger partial charge on any atom is 0.340 e. The van der Waals surface area contributed by atoms with Gasteiger partial charge in [-0.3, -0.25) is 0 Å². The predicted molar refractivity (Wildman–Crippen MR) is 55.9 cm³/mol. The zero-order chi connectivity index (χ0) is 11.2. The molecule has 0 radical (unpaired) electrons. The molecular weight excluding hydrogens is 216 g/mol. The summed E-state index contributed by atoms with van der Waals surface area (Å²) in [7, 11) is 0. The van der Waals surface area contributed by atoms with Gasteiger partial charge in [0.05, 0.1) is 0 Å². The van der Waals surface area contributed by atoms with Crippen LogP contribution >= 0.6 is 11.6 Å². The second kappa shape index (κ2) is 3.22. The van der Waals surface area contributed by atoms with Gasteiger partial charge in [-0.25, -0.2) is 4.79 Å². The van der Waals surface area contributed by atoms with Crippen molar-refractivity contribution in [3.63, 3.8) is 0 Å². The Balaban J connectivity index is 2.60. The van der Waals surface area contributed by atoms with E-state index in [1.54, 1.807) is 25.1 Å². The van der Waals surface area contributed by atoms with Crippen molar-refractivity contribution >= 4 is 17.6 Å². The Hall–Kier alpha value is -1.06. The van der Waals surface area contributed by atoms with Gasteiger partial charge in [-0.05, 0) is 29.7 Å². The van der Waals surface area contributed by atoms with E-state index in [0.29, 0.717) is 17.0 Å². The smallest absolute Gasteiger partial charge is 0.340 e. The maximum atomic E-state index is 11.1. The molecule has 0 saturated heterocycles. The Bertz CT molecular complexity index is 430. The van der Waals surface area contributed by atoms with E-state index in [0.717, 1.165) is 5.56 Å². The number of rotatable bonds is 1. The maximum absolute atomic E-state index is 11.1. The third-order valence-electron chi connectivity index (χ3n) is 3.04. The average Bonchev–Trinajstić information content (AvgIpc) is 2.39. The Morgan fingerprint density at radius 3 is 2.87 bits per heavy atom. The van der Waals surface area contributed by atoms with Gasteiger partial charge in [0.15, 0.2) is 5.60 Å². The zero-order valence-electron chi connectivity index (χ0n) is 8.20. The predicted octanol–water partition coefficient (Wildman–Crippen LogP) is 1.80. The number of hydrogen-bond donors (Lipinski definition) is 2. The minimum Gasteiger partial charge on any atom is -0.479 e. The molecule has 2 N–H and O–H groups in total. The summed E-state index contributed by atoms with van der Waals surface area (Å²) >= 11 is 5.81. The first kappa shape index (κ1) is 10.5. The minimum atomic E-state index is -1.76. The van der Waals surface area contributed by atoms with Crippen molar-refractivity contribution in [3.05, 3.63) is 34.3 Å². The largest absolute Gasteiger partial charge is 0.479 e. The van der Waals surface area contributed by atoms with Crippen LogP contribution in [0.25, 0.3) is 0 Å². The molecular formula is C11H11ClO3. The SMILES string of the molecule is CC1Cc2cc(Cl)ccc2C1(O)C(=O)O. The van der Waals surface area contributed by atoms with Gasteiger partial charge in [-0.15, -0.1) is 0 Å². The summed E-state index contributed by atoms with van der Waals surface area (Å²) in [5.74, 6) is -1.53. The Morgan fingerprint density at radius 1 is 1.60 bits per heavy atom. The monoisotopic (exact) mass is 226 g/mol. The van der Waals surface area contributed by atoms with Crippen LogP contribution < -0.4 is 0 Å². The highest BCUT2D eigenvalue weighted by molar-refractivity contribution is 6.30. The molecule has 2 rings (SSSR count). The molecule has 0 aliphatic heterocycles. The first-order valence-corrected chi connectivity index (χ1v) is 5.08. The van der Waals surface area contributed by atoms with Gasteiger partial charge in [0, 0.05) is 10.9 Å². The lowest BCUT2D eigenvalue weighted by Gasteiger charge is -2.23. The van der Waals surface area contributed by atoms with Crippen LogP contribution in [0.3, 0.4) is 0 Å². The highest BCUT2D eigenvalue weighted by atomic mass is 35.5. The third-order valence-corrected chi connectivity index (χ3v) is 3.28. The summed E-state index contributed by atoms with van der Waals surface area (Å²) in [5.41, 5.74) is -0.480. The molecule has 2 unspecified atom stereocenters. The van der Waals surface area contributed by atoms with E-state index in [1.807, 2.05) is 0 Å². The van der Waals surface area contributed by atoms with Crippen LogP contribution in [0.2, 0.25) is 5.02 Å². The molecule has 3 nitrogen and oxygen atoms in total. The van der Waals surface area contributed by atoms with Gasteiger partial charge in [0.2, 0.25) is 0 Å². The molecule has 0 saturated carbocycles. The van der Waals surface area contributed by atoms with Crippen molar-refractivity contribution in [2.45, 2.75) is 18.9 Å². The summed E-state index contributed by atoms with van der Waals surface area (Å²) < 4.78 is 0. The molecule has 15 heavy (non-hydrogen) atoms. The fourth-order valence-corrected chi connectivity index (χ4v) is 2.37. The quantitative estimate of drug-likeness (QED) is 0.768. The standard InChI is InChI=1S/C11H11ClO3/c1-6-4-7-5-8(12)2-3-9(7)11(6,15)10(13)14/h2-3,5-6,15H,4H2,1H3,(H,13,14). The van der Waals surface area contributed by atoms with Crippen molar-refractivity contribution in [1.82, 2.24) is 0 Å². The molecule has 1 aliphatic rings. The number of hydrogen-bond acceptors (Lipinski definition) is 2. The summed E-state index contributed by atoms with van der Waals surface area (Å²) in [6.45, 7) is 1.72. The van der Waals surface area contributed by atoms with E-state index in [2.05, 4.69) is 0 Å². The number of fused-ring (bicyclic) bond motifs is 1. The van der Waals surface area contributed by atoms with Crippen LogP contribution in [-0.4, -0.2) is 16.2 Å². The number of benzene rings is 1. The van der Waals surface area contributed by atoms with Crippen molar-refractivity contribution in [2.75, 3.05) is 0 Å². The summed E-state index contributed by atoms with van der Waals surface area (Å²) in [6, 6.07) is 4.91. The average molecular weight is 227 g/mol. The molecule has 0 aromatic heterocycles. The number of aliphatic hydroxyl groups is 1. The molecule has 0 heterocycles. The fraction of sp³-hybridized carbons (Fsp3) is 0.364. The van der Waals surface area contributed by atoms with Crippen LogP contribution in [-0.2, 0) is 16.8 Å². The first-order valence-electron chi connectivity index (χ1n) is 4.71. The first-order chi connectivity index (χ1) is 6.96. The Kier molecular flexibility index (Phi) is 2.24. The van der Waals surface area contributed by atoms with Crippen LogP contribution in [0.4, 0.5) is 0 Å². The van der Waals surface area contributed by atoms with E-state index in [9.17, 15) is 9.90 Å². The zero-order valence-corrected chi connectivity index (χ0v) is 8.95. The van der Waals surface area contributed by atoms with Crippen molar-refractivity contribution < 1.29 is 15.0 Å². The van der Waals surface area contributed by atoms with E-state index >= 15 is 0 Å². The molecule has 0 amide bonds. The van der Waals surface area contributed by atoms with Crippen LogP contribution in [0.1, 0.15) is 18.1 Å². The minimum absolute atomic E-state index is 0.330. The van der Waals surface area contributed by atoms with Crippen molar-refractivity contribution in [1.29, 1.82) is 0 Å². The van der Waals surface area contributed by atoms with Gasteiger partial charge in [-0.2, -0.15) is 0 Å². The second-order valence-corrected chi connectivity index (χ2v) is 4.41. The van der Waals surface area contributed by atoms with E-state index < -0.39 is 11.6 Å². The van der Waals surface area contributed by atoms with Gasteiger partial charge < -0.3 is 10.2 Å². The topological polar surface area (TPSA) is 57.5 Å². The molecule has 0 spiro atoms. The van der Waals surface area contributed by atoms with Gasteiger partial charge in [-0.1, -0.05) is 24.6 Å². The van der Waals surface area contributed by atoms with Gasteiger partial charge >= 0.3 is 5.97 Å². The molecule has 0 bridgehead atoms. The number of aliphatic carboxylic acids is 1. The lowest BCUT2D eigenvalue weighted by atomic mass is 9.89. The van der Waals surface area contributed by atoms with Crippen LogP contribution in [0.5, 0.6) is 0 Å². The van der Waals surface area contributed by atoms with E-state index in [-0.39, 0.29) is 5.92 Å². The van der Waals surface area contributed by atoms with Crippen LogP contribution in [0, 0.1) is 5.92 Å². The second-order valence-electron chi connectivity index (χ2n) is 3.98. The molecule has 1 aliphatic carbocycles. The summed E-state index contributed by atoms with van der Waals surface area (Å²) in [5, 5.41) is 19.8. The molecule has 0 fully saturated rings. The highest BCUT2D eigenvalue weighted by Crippen LogP contribution is 2.42. The Labute approximate surface area is 92.3 Å². The molecule has 1 aromatic rings. The highest BCUT2D eigenvalue weighted by Gasteiger charge is 2.49. The van der Waals surface area contributed by atoms with E-state index in [4.69, 9.17) is 16.7 Å². The molecule has 80 valence electrons. The summed E-state index contributed by atoms with van der Waals surface area (Å²) in [4.78, 5) is 11.1. The van der Waals surface area contributed by atoms with Crippen molar-refractivity contribution in [2.24, 2.45) is 5.92 Å². The summed E-state index contributed by atoms with van der Waals surface area (Å²) in [6.07, 6.45) is 0.540. The molecule has 4 heteroatoms. The lowest BCUT2D eigenvalue weighted by molar-refractivity contribution is -0.164. The van der Waals surface area contributed by atoms with Gasteiger partial charge in [0.25, 0.3) is 0 Å². The number of carboxylic acid groups (broad SMARTS) is 1. The molecule has 1 aromatic carbocycles. The number of carbonyl (C=O) groups is 1. The number of halogens is 1. The normalized spacial score (nSPS) is 28.9. The van der Waals surface area contributed by atoms with Crippen molar-refractivity contribution in [3.8, 4) is 0 Å². The number of carboxylic acids is 1. The van der Waals surface area contributed by atoms with Crippen LogP contribution in [0.15, 0.2) is 18.2 Å². The Morgan fingerprint density at radius 2 is 2.27 bits per heavy atom. The third kappa shape index (κ3) is 1.34. The van der Waals surface area contributed by atoms with E-state index in [1.165, 1.54) is 0 Å². The fourth-order valence-electron chi connectivity index (χ4n) is 2.17. The van der Waals surface area contributed by atoms with Gasteiger partial charge in [0.1, 0.15) is 0 Å². The molecule has 2 atom stereocenters. The lowest BCUT2D eigenvalue weighted by Crippen LogP contribution is -2.38.